The van der Waals surface area contributed by atoms with E-state index in [9.17, 15) is 24.3 Å². The zero-order valence-electron chi connectivity index (χ0n) is 33.0. The summed E-state index contributed by atoms with van der Waals surface area (Å²) in [6.07, 6.45) is 6.28. The van der Waals surface area contributed by atoms with Crippen LogP contribution in [0.2, 0.25) is 0 Å². The average molecular weight is 817 g/mol. The van der Waals surface area contributed by atoms with Crippen LogP contribution in [0.5, 0.6) is 0 Å². The number of nitrogens with zero attached hydrogens (tertiary/aromatic N) is 8. The SMILES string of the molecule is [C-]#[N+]c1cnn2c(C(=O)Nc3cc4cn(C56CC(N7CCN(C(=O)C8CN(c9cc(F)c([C@H]%10CCC(=O)NC%10=O)c(F)c9)C8)CC7)(C5)C6)nc4cc3C(C)(C)O)ccc2c1. The number of anilines is 2. The van der Waals surface area contributed by atoms with E-state index in [1.807, 2.05) is 27.9 Å². The first kappa shape index (κ1) is 38.0. The van der Waals surface area contributed by atoms with Gasteiger partial charge in [0, 0.05) is 85.3 Å². The predicted octanol–water partition coefficient (Wildman–Crippen LogP) is 4.43. The van der Waals surface area contributed by atoms with Gasteiger partial charge in [-0.25, -0.2) is 18.1 Å². The number of amides is 4. The Morgan fingerprint density at radius 2 is 1.72 bits per heavy atom. The summed E-state index contributed by atoms with van der Waals surface area (Å²) >= 11 is 0. The molecule has 1 atom stereocenters. The molecule has 6 aliphatic rings. The van der Waals surface area contributed by atoms with Gasteiger partial charge in [0.25, 0.3) is 5.91 Å². The molecule has 3 saturated heterocycles. The summed E-state index contributed by atoms with van der Waals surface area (Å²) in [4.78, 5) is 60.3. The number of carbonyl (C=O) groups excluding carboxylic acids is 4. The summed E-state index contributed by atoms with van der Waals surface area (Å²) in [6.45, 7) is 14.0. The third-order valence-electron chi connectivity index (χ3n) is 13.4. The van der Waals surface area contributed by atoms with Gasteiger partial charge in [0.15, 0.2) is 0 Å². The van der Waals surface area contributed by atoms with E-state index in [1.165, 1.54) is 22.8 Å². The van der Waals surface area contributed by atoms with Crippen molar-refractivity contribution in [3.05, 3.63) is 94.7 Å². The highest BCUT2D eigenvalue weighted by Gasteiger charge is 2.71. The van der Waals surface area contributed by atoms with Gasteiger partial charge in [-0.2, -0.15) is 10.2 Å². The molecule has 15 nitrogen and oxygen atoms in total. The van der Waals surface area contributed by atoms with Gasteiger partial charge in [0.2, 0.25) is 23.4 Å². The van der Waals surface area contributed by atoms with Gasteiger partial charge >= 0.3 is 0 Å². The summed E-state index contributed by atoms with van der Waals surface area (Å²) in [7, 11) is 0. The number of hydrogen-bond donors (Lipinski definition) is 3. The predicted molar refractivity (Wildman–Crippen MR) is 214 cm³/mol. The molecular weight excluding hydrogens is 775 g/mol. The van der Waals surface area contributed by atoms with Crippen molar-refractivity contribution in [2.45, 2.75) is 68.5 Å². The second-order valence-electron chi connectivity index (χ2n) is 17.6. The van der Waals surface area contributed by atoms with Crippen molar-refractivity contribution in [2.75, 3.05) is 49.5 Å². The Bertz CT molecular complexity index is 2670. The summed E-state index contributed by atoms with van der Waals surface area (Å²) in [6, 6.07) is 11.1. The molecule has 3 aliphatic carbocycles. The van der Waals surface area contributed by atoms with Crippen molar-refractivity contribution in [3.63, 3.8) is 0 Å². The number of aliphatic hydroxyl groups is 1. The topological polar surface area (TPSA) is 162 Å². The lowest BCUT2D eigenvalue weighted by Crippen LogP contribution is -2.80. The summed E-state index contributed by atoms with van der Waals surface area (Å²) in [5.41, 5.74) is 1.62. The zero-order valence-corrected chi connectivity index (χ0v) is 33.0. The Hall–Kier alpha value is -6.25. The van der Waals surface area contributed by atoms with Crippen molar-refractivity contribution >= 4 is 57.1 Å². The van der Waals surface area contributed by atoms with E-state index in [1.54, 1.807) is 36.9 Å². The minimum Gasteiger partial charge on any atom is -0.386 e. The fourth-order valence-corrected chi connectivity index (χ4v) is 10.2. The van der Waals surface area contributed by atoms with E-state index in [0.717, 1.165) is 37.7 Å². The van der Waals surface area contributed by atoms with Crippen LogP contribution in [0.3, 0.4) is 0 Å². The van der Waals surface area contributed by atoms with Crippen LogP contribution in [0.15, 0.2) is 54.9 Å². The maximum Gasteiger partial charge on any atom is 0.274 e. The molecule has 3 N–H and O–H groups in total. The zero-order chi connectivity index (χ0) is 41.9. The van der Waals surface area contributed by atoms with Crippen LogP contribution in [0.1, 0.15) is 73.5 Å². The number of aromatic nitrogens is 4. The van der Waals surface area contributed by atoms with Gasteiger partial charge in [-0.05, 0) is 82.0 Å². The molecule has 4 amide bonds. The number of nitrogens with one attached hydrogen (secondary N) is 2. The molecule has 2 aromatic carbocycles. The standard InChI is InChI=1S/C43H42F2N10O5/c1-41(2,60)30-16-33-24(12-34(30)48-39(58)35-6-4-27-13-26(46-3)17-47-55(27)35)20-54(50-33)43-21-42(22-43,23-43)53-10-8-51(9-11-53)40(59)25-18-52(19-25)28-14-31(44)37(32(45)15-28)29-5-7-36(56)49-38(29)57/h4,6,12-17,20,25,29,60H,5,7-11,18-19,21-23H2,1-2H3,(H,48,58)(H,49,56,57)/t29-,42?,43?/m1/s1. The Balaban J connectivity index is 0.754. The van der Waals surface area contributed by atoms with Crippen molar-refractivity contribution in [1.82, 2.24) is 34.5 Å². The second kappa shape index (κ2) is 13.4. The molecule has 17 heteroatoms. The molecule has 3 aromatic heterocycles. The maximum absolute atomic E-state index is 15.1. The molecule has 0 radical (unpaired) electrons. The lowest BCUT2D eigenvalue weighted by atomic mass is 9.43. The monoisotopic (exact) mass is 816 g/mol. The molecule has 308 valence electrons. The third-order valence-corrected chi connectivity index (χ3v) is 13.4. The number of carbonyl (C=O) groups is 4. The number of piperazine rings is 1. The van der Waals surface area contributed by atoms with E-state index in [-0.39, 0.29) is 41.3 Å². The van der Waals surface area contributed by atoms with Gasteiger partial charge in [0.1, 0.15) is 17.3 Å². The van der Waals surface area contributed by atoms with Crippen molar-refractivity contribution < 1.29 is 33.1 Å². The molecule has 0 spiro atoms. The van der Waals surface area contributed by atoms with E-state index in [0.29, 0.717) is 65.5 Å². The van der Waals surface area contributed by atoms with Crippen LogP contribution in [0.4, 0.5) is 25.8 Å². The Kier molecular flexibility index (Phi) is 8.47. The van der Waals surface area contributed by atoms with Crippen LogP contribution in [0, 0.1) is 24.1 Å². The highest BCUT2D eigenvalue weighted by Crippen LogP contribution is 2.68. The molecule has 5 aromatic rings. The molecule has 3 saturated carbocycles. The minimum atomic E-state index is -1.28. The van der Waals surface area contributed by atoms with Gasteiger partial charge < -0.3 is 20.2 Å². The number of piperidine rings is 1. The smallest absolute Gasteiger partial charge is 0.274 e. The lowest BCUT2D eigenvalue weighted by molar-refractivity contribution is -0.218. The van der Waals surface area contributed by atoms with E-state index in [2.05, 4.69) is 25.5 Å². The number of benzene rings is 2. The van der Waals surface area contributed by atoms with E-state index >= 15 is 8.78 Å². The number of fused-ring (bicyclic) bond motifs is 2. The number of imide groups is 1. The molecular formula is C43H42F2N10O5. The quantitative estimate of drug-likeness (QED) is 0.152. The van der Waals surface area contributed by atoms with Gasteiger partial charge in [-0.3, -0.25) is 34.1 Å². The van der Waals surface area contributed by atoms with Crippen LogP contribution >= 0.6 is 0 Å². The summed E-state index contributed by atoms with van der Waals surface area (Å²) in [5, 5.41) is 26.3. The lowest BCUT2D eigenvalue weighted by Gasteiger charge is -2.74. The molecule has 60 heavy (non-hydrogen) atoms. The summed E-state index contributed by atoms with van der Waals surface area (Å²) < 4.78 is 33.8. The van der Waals surface area contributed by atoms with Crippen molar-refractivity contribution in [2.24, 2.45) is 5.92 Å². The molecule has 2 bridgehead atoms. The van der Waals surface area contributed by atoms with Crippen LogP contribution in [-0.4, -0.2) is 103 Å². The average Bonchev–Trinajstić information content (AvgIpc) is 3.77. The molecule has 6 heterocycles. The minimum absolute atomic E-state index is 0.0194. The third kappa shape index (κ3) is 6.02. The number of halogens is 2. The van der Waals surface area contributed by atoms with Crippen LogP contribution < -0.4 is 15.5 Å². The molecule has 3 aliphatic heterocycles. The normalized spacial score (nSPS) is 24.4. The fourth-order valence-electron chi connectivity index (χ4n) is 10.2. The highest BCUT2D eigenvalue weighted by molar-refractivity contribution is 6.05. The fraction of sp³-hybridized carbons (Fsp3) is 0.419. The van der Waals surface area contributed by atoms with E-state index < -0.39 is 40.9 Å². The number of rotatable bonds is 8. The van der Waals surface area contributed by atoms with Crippen LogP contribution in [-0.2, 0) is 25.5 Å². The highest BCUT2D eigenvalue weighted by atomic mass is 19.1. The van der Waals surface area contributed by atoms with Crippen molar-refractivity contribution in [1.29, 1.82) is 0 Å². The van der Waals surface area contributed by atoms with Gasteiger partial charge in [-0.15, -0.1) is 0 Å². The second-order valence-corrected chi connectivity index (χ2v) is 17.6. The van der Waals surface area contributed by atoms with Crippen LogP contribution in [0.25, 0.3) is 21.3 Å². The number of hydrogen-bond acceptors (Lipinski definition) is 9. The largest absolute Gasteiger partial charge is 0.386 e. The first-order valence-electron chi connectivity index (χ1n) is 20.2. The first-order chi connectivity index (χ1) is 28.6. The van der Waals surface area contributed by atoms with Gasteiger partial charge in [-0.1, -0.05) is 0 Å². The molecule has 11 rings (SSSR count). The summed E-state index contributed by atoms with van der Waals surface area (Å²) in [5.74, 6) is -4.53. The Labute approximate surface area is 342 Å². The Morgan fingerprint density at radius 3 is 2.38 bits per heavy atom. The van der Waals surface area contributed by atoms with Gasteiger partial charge in [0.05, 0.1) is 46.8 Å². The van der Waals surface area contributed by atoms with E-state index in [4.69, 9.17) is 11.7 Å². The first-order valence-corrected chi connectivity index (χ1v) is 20.2. The Morgan fingerprint density at radius 1 is 1.00 bits per heavy atom. The molecule has 6 fully saturated rings. The maximum atomic E-state index is 15.1. The molecule has 0 unspecified atom stereocenters. The van der Waals surface area contributed by atoms with Crippen molar-refractivity contribution in [3.8, 4) is 0 Å².